The lowest BCUT2D eigenvalue weighted by Crippen LogP contribution is -2.60. The molecular weight excluding hydrogens is 558 g/mol. The van der Waals surface area contributed by atoms with Crippen LogP contribution in [-0.4, -0.2) is 56.3 Å². The molecule has 0 radical (unpaired) electrons. The molecule has 3 aromatic carbocycles. The van der Waals surface area contributed by atoms with Crippen LogP contribution in [0.3, 0.4) is 0 Å². The smallest absolute Gasteiger partial charge is 0.250 e. The van der Waals surface area contributed by atoms with E-state index < -0.39 is 5.54 Å². The Morgan fingerprint density at radius 1 is 0.930 bits per heavy atom. The average Bonchev–Trinajstić information content (AvgIpc) is 3.68. The molecule has 0 saturated heterocycles. The van der Waals surface area contributed by atoms with Crippen molar-refractivity contribution in [1.82, 2.24) is 24.9 Å². The molecule has 43 heavy (non-hydrogen) atoms. The Kier molecular flexibility index (Phi) is 8.20. The van der Waals surface area contributed by atoms with Gasteiger partial charge in [0.1, 0.15) is 22.6 Å². The normalized spacial score (nSPS) is 14.4. The third-order valence-electron chi connectivity index (χ3n) is 8.18. The number of benzene rings is 3. The van der Waals surface area contributed by atoms with Crippen molar-refractivity contribution in [2.75, 3.05) is 24.3 Å². The number of amides is 2. The van der Waals surface area contributed by atoms with Gasteiger partial charge in [0.05, 0.1) is 17.8 Å². The number of aromatic nitrogens is 4. The summed E-state index contributed by atoms with van der Waals surface area (Å²) < 4.78 is 1.62. The molecule has 2 amide bonds. The maximum absolute atomic E-state index is 14.3. The molecule has 9 nitrogen and oxygen atoms in total. The van der Waals surface area contributed by atoms with Crippen LogP contribution < -0.4 is 10.2 Å². The van der Waals surface area contributed by atoms with Crippen LogP contribution in [-0.2, 0) is 22.7 Å². The molecule has 1 aliphatic rings. The molecule has 0 unspecified atom stereocenters. The Bertz CT molecular complexity index is 1710. The van der Waals surface area contributed by atoms with Crippen molar-refractivity contribution in [2.45, 2.75) is 50.7 Å². The Hall–Kier alpha value is -4.57. The zero-order valence-corrected chi connectivity index (χ0v) is 25.3. The molecule has 1 fully saturated rings. The summed E-state index contributed by atoms with van der Waals surface area (Å²) in [6, 6.07) is 25.3. The first-order chi connectivity index (χ1) is 20.9. The number of rotatable bonds is 9. The molecule has 6 rings (SSSR count). The summed E-state index contributed by atoms with van der Waals surface area (Å²) in [5.74, 6) is -0.353. The van der Waals surface area contributed by atoms with Crippen LogP contribution in [0.1, 0.15) is 37.1 Å². The third kappa shape index (κ3) is 6.01. The monoisotopic (exact) mass is 593 g/mol. The van der Waals surface area contributed by atoms with Crippen LogP contribution in [0.15, 0.2) is 84.2 Å². The number of nitrogens with one attached hydrogen (secondary N) is 1. The SMILES string of the molecule is CN(C)c1ccc(NC(=O)C2(N(Cc3nc(-c4ccccc4)cs3)C(=O)Cn3nnc4ccccc43)CCCCC2)cc1. The number of anilines is 2. The Morgan fingerprint density at radius 3 is 2.40 bits per heavy atom. The summed E-state index contributed by atoms with van der Waals surface area (Å²) in [4.78, 5) is 37.3. The lowest BCUT2D eigenvalue weighted by molar-refractivity contribution is -0.149. The van der Waals surface area contributed by atoms with Gasteiger partial charge in [-0.3, -0.25) is 9.59 Å². The minimum Gasteiger partial charge on any atom is -0.378 e. The molecule has 1 N–H and O–H groups in total. The highest BCUT2D eigenvalue weighted by molar-refractivity contribution is 7.09. The second kappa shape index (κ2) is 12.3. The largest absolute Gasteiger partial charge is 0.378 e. The van der Waals surface area contributed by atoms with E-state index in [2.05, 4.69) is 15.6 Å². The summed E-state index contributed by atoms with van der Waals surface area (Å²) in [6.45, 7) is 0.208. The molecule has 0 spiro atoms. The van der Waals surface area contributed by atoms with Gasteiger partial charge >= 0.3 is 0 Å². The number of nitrogens with zero attached hydrogens (tertiary/aromatic N) is 6. The fourth-order valence-corrected chi connectivity index (χ4v) is 6.62. The zero-order valence-electron chi connectivity index (χ0n) is 24.4. The molecule has 0 atom stereocenters. The Balaban J connectivity index is 1.35. The van der Waals surface area contributed by atoms with Crippen molar-refractivity contribution >= 4 is 45.6 Å². The molecule has 0 bridgehead atoms. The Morgan fingerprint density at radius 2 is 1.65 bits per heavy atom. The van der Waals surface area contributed by atoms with Crippen molar-refractivity contribution in [3.8, 4) is 11.3 Å². The summed E-state index contributed by atoms with van der Waals surface area (Å²) in [5, 5.41) is 14.5. The van der Waals surface area contributed by atoms with Gasteiger partial charge in [0, 0.05) is 36.4 Å². The lowest BCUT2D eigenvalue weighted by atomic mass is 9.79. The molecular formula is C33H35N7O2S. The van der Waals surface area contributed by atoms with Gasteiger partial charge in [-0.2, -0.15) is 0 Å². The van der Waals surface area contributed by atoms with Gasteiger partial charge in [0.2, 0.25) is 11.8 Å². The summed E-state index contributed by atoms with van der Waals surface area (Å²) in [7, 11) is 3.96. The number of carbonyl (C=O) groups is 2. The molecule has 1 aliphatic carbocycles. The quantitative estimate of drug-likeness (QED) is 0.226. The third-order valence-corrected chi connectivity index (χ3v) is 9.02. The maximum Gasteiger partial charge on any atom is 0.250 e. The van der Waals surface area contributed by atoms with Crippen LogP contribution in [0.5, 0.6) is 0 Å². The zero-order chi connectivity index (χ0) is 29.8. The topological polar surface area (TPSA) is 96.2 Å². The van der Waals surface area contributed by atoms with E-state index in [4.69, 9.17) is 4.98 Å². The molecule has 2 aromatic heterocycles. The maximum atomic E-state index is 14.3. The number of para-hydroxylation sites is 1. The summed E-state index contributed by atoms with van der Waals surface area (Å²) in [6.07, 6.45) is 3.90. The van der Waals surface area contributed by atoms with Crippen molar-refractivity contribution in [3.05, 3.63) is 89.3 Å². The molecule has 1 saturated carbocycles. The number of hydrogen-bond donors (Lipinski definition) is 1. The van der Waals surface area contributed by atoms with Gasteiger partial charge in [-0.25, -0.2) is 9.67 Å². The van der Waals surface area contributed by atoms with E-state index in [1.807, 2.05) is 103 Å². The van der Waals surface area contributed by atoms with Gasteiger partial charge in [0.15, 0.2) is 0 Å². The number of hydrogen-bond acceptors (Lipinski definition) is 7. The van der Waals surface area contributed by atoms with E-state index in [0.29, 0.717) is 18.5 Å². The minimum atomic E-state index is -1.02. The highest BCUT2D eigenvalue weighted by Gasteiger charge is 2.47. The Labute approximate surface area is 255 Å². The van der Waals surface area contributed by atoms with Crippen LogP contribution in [0.2, 0.25) is 0 Å². The van der Waals surface area contributed by atoms with E-state index in [1.165, 1.54) is 11.3 Å². The average molecular weight is 594 g/mol. The molecule has 5 aromatic rings. The first-order valence-electron chi connectivity index (χ1n) is 14.6. The highest BCUT2D eigenvalue weighted by atomic mass is 32.1. The summed E-state index contributed by atoms with van der Waals surface area (Å²) in [5.41, 5.74) is 4.10. The lowest BCUT2D eigenvalue weighted by Gasteiger charge is -2.44. The molecule has 220 valence electrons. The van der Waals surface area contributed by atoms with Gasteiger partial charge in [0.25, 0.3) is 0 Å². The predicted molar refractivity (Wildman–Crippen MR) is 171 cm³/mol. The van der Waals surface area contributed by atoms with E-state index in [9.17, 15) is 9.59 Å². The van der Waals surface area contributed by atoms with Crippen molar-refractivity contribution in [2.24, 2.45) is 0 Å². The number of thiazole rings is 1. The minimum absolute atomic E-state index is 0.0238. The second-order valence-electron chi connectivity index (χ2n) is 11.2. The van der Waals surface area contributed by atoms with Gasteiger partial charge in [-0.05, 0) is 49.2 Å². The van der Waals surface area contributed by atoms with Crippen LogP contribution in [0.4, 0.5) is 11.4 Å². The highest BCUT2D eigenvalue weighted by Crippen LogP contribution is 2.37. The van der Waals surface area contributed by atoms with Crippen LogP contribution >= 0.6 is 11.3 Å². The molecule has 2 heterocycles. The first kappa shape index (κ1) is 28.5. The van der Waals surface area contributed by atoms with E-state index >= 15 is 0 Å². The second-order valence-corrected chi connectivity index (χ2v) is 12.1. The number of carbonyl (C=O) groups excluding carboxylic acids is 2. The fraction of sp³-hybridized carbons (Fsp3) is 0.303. The van der Waals surface area contributed by atoms with Crippen molar-refractivity contribution in [3.63, 3.8) is 0 Å². The molecule has 10 heteroatoms. The number of fused-ring (bicyclic) bond motifs is 1. The first-order valence-corrected chi connectivity index (χ1v) is 15.5. The predicted octanol–water partition coefficient (Wildman–Crippen LogP) is 5.99. The van der Waals surface area contributed by atoms with E-state index in [-0.39, 0.29) is 24.9 Å². The fourth-order valence-electron chi connectivity index (χ4n) is 5.83. The van der Waals surface area contributed by atoms with Crippen LogP contribution in [0.25, 0.3) is 22.3 Å². The van der Waals surface area contributed by atoms with Gasteiger partial charge < -0.3 is 15.1 Å². The van der Waals surface area contributed by atoms with Gasteiger partial charge in [-0.1, -0.05) is 66.9 Å². The van der Waals surface area contributed by atoms with Crippen molar-refractivity contribution < 1.29 is 9.59 Å². The van der Waals surface area contributed by atoms with Gasteiger partial charge in [-0.15, -0.1) is 16.4 Å². The summed E-state index contributed by atoms with van der Waals surface area (Å²) >= 11 is 1.51. The standard InChI is InChI=1S/C33H35N7O2S/c1-38(2)26-17-15-25(16-18-26)34-32(42)33(19-9-4-10-20-33)39(21-30-35-28(23-43-30)24-11-5-3-6-12-24)31(41)22-40-29-14-8-7-13-27(29)36-37-40/h3,5-8,11-18,23H,4,9-10,19-22H2,1-2H3,(H,34,42). The van der Waals surface area contributed by atoms with Crippen molar-refractivity contribution in [1.29, 1.82) is 0 Å². The van der Waals surface area contributed by atoms with Crippen LogP contribution in [0, 0.1) is 0 Å². The molecule has 0 aliphatic heterocycles. The van der Waals surface area contributed by atoms with E-state index in [1.54, 1.807) is 9.58 Å². The van der Waals surface area contributed by atoms with E-state index in [0.717, 1.165) is 52.2 Å².